The highest BCUT2D eigenvalue weighted by atomic mass is 16.5. The molecule has 1 heterocycles. The molecule has 0 spiro atoms. The Morgan fingerprint density at radius 3 is 2.08 bits per heavy atom. The van der Waals surface area contributed by atoms with E-state index in [9.17, 15) is 9.59 Å². The van der Waals surface area contributed by atoms with Crippen molar-refractivity contribution in [2.24, 2.45) is 5.92 Å². The van der Waals surface area contributed by atoms with Gasteiger partial charge in [0.05, 0.1) is 6.42 Å². The zero-order valence-electron chi connectivity index (χ0n) is 15.0. The number of rotatable bonds is 6. The second-order valence-electron chi connectivity index (χ2n) is 6.84. The second kappa shape index (κ2) is 9.18. The Morgan fingerprint density at radius 2 is 1.46 bits per heavy atom. The Hall–Kier alpha value is -2.62. The molecule has 0 saturated carbocycles. The van der Waals surface area contributed by atoms with Crippen molar-refractivity contribution in [1.82, 2.24) is 4.90 Å². The Labute approximate surface area is 154 Å². The van der Waals surface area contributed by atoms with Crippen LogP contribution < -0.4 is 0 Å². The quantitative estimate of drug-likeness (QED) is 0.751. The van der Waals surface area contributed by atoms with Crippen molar-refractivity contribution in [2.45, 2.75) is 25.7 Å². The number of carbonyl (C=O) groups excluding carboxylic acids is 2. The summed E-state index contributed by atoms with van der Waals surface area (Å²) in [7, 11) is 0. The molecule has 1 aliphatic heterocycles. The van der Waals surface area contributed by atoms with Crippen molar-refractivity contribution in [3.05, 3.63) is 71.8 Å². The number of ether oxygens (including phenoxy) is 1. The van der Waals surface area contributed by atoms with Gasteiger partial charge >= 0.3 is 5.97 Å². The van der Waals surface area contributed by atoms with Gasteiger partial charge in [-0.15, -0.1) is 0 Å². The fraction of sp³-hybridized carbons (Fsp3) is 0.364. The van der Waals surface area contributed by atoms with Crippen molar-refractivity contribution in [3.8, 4) is 0 Å². The van der Waals surface area contributed by atoms with E-state index in [0.717, 1.165) is 37.9 Å². The highest BCUT2D eigenvalue weighted by molar-refractivity contribution is 5.81. The molecule has 136 valence electrons. The molecule has 4 nitrogen and oxygen atoms in total. The van der Waals surface area contributed by atoms with E-state index < -0.39 is 0 Å². The third-order valence-electron chi connectivity index (χ3n) is 4.88. The van der Waals surface area contributed by atoms with E-state index in [-0.39, 0.29) is 24.9 Å². The number of hydrogen-bond acceptors (Lipinski definition) is 3. The maximum Gasteiger partial charge on any atom is 0.310 e. The van der Waals surface area contributed by atoms with Crippen LogP contribution in [0.5, 0.6) is 0 Å². The summed E-state index contributed by atoms with van der Waals surface area (Å²) in [6, 6.07) is 19.9. The summed E-state index contributed by atoms with van der Waals surface area (Å²) >= 11 is 0. The number of nitrogens with zero attached hydrogens (tertiary/aromatic N) is 1. The minimum atomic E-state index is -0.358. The van der Waals surface area contributed by atoms with Gasteiger partial charge in [0.2, 0.25) is 0 Å². The number of amides is 1. The molecule has 0 radical (unpaired) electrons. The maximum atomic E-state index is 12.3. The van der Waals surface area contributed by atoms with E-state index in [0.29, 0.717) is 5.92 Å². The highest BCUT2D eigenvalue weighted by Gasteiger charge is 2.23. The minimum absolute atomic E-state index is 0.0930. The van der Waals surface area contributed by atoms with Gasteiger partial charge in [-0.1, -0.05) is 60.7 Å². The van der Waals surface area contributed by atoms with E-state index in [4.69, 9.17) is 4.74 Å². The van der Waals surface area contributed by atoms with Gasteiger partial charge in [0.15, 0.2) is 6.61 Å². The predicted molar refractivity (Wildman–Crippen MR) is 101 cm³/mol. The molecule has 1 saturated heterocycles. The first-order valence-corrected chi connectivity index (χ1v) is 9.22. The Morgan fingerprint density at radius 1 is 0.885 bits per heavy atom. The largest absolute Gasteiger partial charge is 0.455 e. The van der Waals surface area contributed by atoms with Gasteiger partial charge in [-0.25, -0.2) is 0 Å². The number of piperidine rings is 1. The minimum Gasteiger partial charge on any atom is -0.455 e. The number of likely N-dealkylation sites (tertiary alicyclic amines) is 1. The third kappa shape index (κ3) is 5.45. The van der Waals surface area contributed by atoms with Crippen molar-refractivity contribution in [1.29, 1.82) is 0 Å². The molecule has 0 aromatic heterocycles. The molecule has 1 aliphatic rings. The van der Waals surface area contributed by atoms with Gasteiger partial charge in [0.1, 0.15) is 0 Å². The first kappa shape index (κ1) is 18.2. The maximum absolute atomic E-state index is 12.3. The van der Waals surface area contributed by atoms with Crippen molar-refractivity contribution in [3.63, 3.8) is 0 Å². The summed E-state index contributed by atoms with van der Waals surface area (Å²) < 4.78 is 5.15. The molecular formula is C22H25NO3. The monoisotopic (exact) mass is 351 g/mol. The van der Waals surface area contributed by atoms with Crippen LogP contribution in [0.15, 0.2) is 60.7 Å². The molecule has 2 aromatic carbocycles. The first-order chi connectivity index (χ1) is 12.7. The lowest BCUT2D eigenvalue weighted by Crippen LogP contribution is -2.41. The van der Waals surface area contributed by atoms with Crippen LogP contribution in [0, 0.1) is 5.92 Å². The van der Waals surface area contributed by atoms with E-state index in [1.807, 2.05) is 41.3 Å². The van der Waals surface area contributed by atoms with Crippen molar-refractivity contribution < 1.29 is 14.3 Å². The molecule has 0 N–H and O–H groups in total. The molecule has 3 rings (SSSR count). The lowest BCUT2D eigenvalue weighted by molar-refractivity contribution is -0.152. The van der Waals surface area contributed by atoms with Crippen LogP contribution in [0.25, 0.3) is 0 Å². The molecule has 1 amide bonds. The number of esters is 1. The summed E-state index contributed by atoms with van der Waals surface area (Å²) in [4.78, 5) is 25.9. The fourth-order valence-electron chi connectivity index (χ4n) is 3.38. The zero-order valence-corrected chi connectivity index (χ0v) is 15.0. The molecule has 0 atom stereocenters. The summed E-state index contributed by atoms with van der Waals surface area (Å²) in [5.41, 5.74) is 2.25. The summed E-state index contributed by atoms with van der Waals surface area (Å²) in [6.45, 7) is 1.33. The van der Waals surface area contributed by atoms with Crippen LogP contribution in [-0.2, 0) is 27.2 Å². The van der Waals surface area contributed by atoms with Crippen LogP contribution in [0.2, 0.25) is 0 Å². The Balaban J connectivity index is 1.37. The molecule has 0 bridgehead atoms. The molecule has 2 aromatic rings. The number of benzene rings is 2. The average molecular weight is 351 g/mol. The van der Waals surface area contributed by atoms with Crippen LogP contribution in [0.1, 0.15) is 24.0 Å². The van der Waals surface area contributed by atoms with Crippen LogP contribution in [-0.4, -0.2) is 36.5 Å². The Bertz CT molecular complexity index is 707. The smallest absolute Gasteiger partial charge is 0.310 e. The zero-order chi connectivity index (χ0) is 18.2. The summed E-state index contributed by atoms with van der Waals surface area (Å²) in [5.74, 6) is 0.162. The van der Waals surface area contributed by atoms with Crippen LogP contribution in [0.4, 0.5) is 0 Å². The topological polar surface area (TPSA) is 46.6 Å². The number of carbonyl (C=O) groups is 2. The van der Waals surface area contributed by atoms with E-state index in [1.54, 1.807) is 0 Å². The SMILES string of the molecule is O=C(Cc1ccccc1)OCC(=O)N1CCC(Cc2ccccc2)CC1. The highest BCUT2D eigenvalue weighted by Crippen LogP contribution is 2.21. The molecular weight excluding hydrogens is 326 g/mol. The van der Waals surface area contributed by atoms with Gasteiger partial charge in [-0.3, -0.25) is 9.59 Å². The van der Waals surface area contributed by atoms with E-state index in [2.05, 4.69) is 24.3 Å². The lowest BCUT2D eigenvalue weighted by atomic mass is 9.90. The second-order valence-corrected chi connectivity index (χ2v) is 6.84. The third-order valence-corrected chi connectivity index (χ3v) is 4.88. The van der Waals surface area contributed by atoms with Crippen molar-refractivity contribution in [2.75, 3.05) is 19.7 Å². The standard InChI is InChI=1S/C22H25NO3/c24-21(17-26-22(25)16-19-9-5-2-6-10-19)23-13-11-20(12-14-23)15-18-7-3-1-4-8-18/h1-10,20H,11-17H2. The summed E-state index contributed by atoms with van der Waals surface area (Å²) in [6.07, 6.45) is 3.26. The van der Waals surface area contributed by atoms with E-state index in [1.165, 1.54) is 5.56 Å². The lowest BCUT2D eigenvalue weighted by Gasteiger charge is -2.32. The molecule has 1 fully saturated rings. The molecule has 0 unspecified atom stereocenters. The average Bonchev–Trinajstić information content (AvgIpc) is 2.68. The predicted octanol–water partition coefficient (Wildman–Crippen LogP) is 3.25. The van der Waals surface area contributed by atoms with Gasteiger partial charge in [-0.2, -0.15) is 0 Å². The normalized spacial score (nSPS) is 14.8. The van der Waals surface area contributed by atoms with Gasteiger partial charge < -0.3 is 9.64 Å². The van der Waals surface area contributed by atoms with Crippen LogP contribution >= 0.6 is 0 Å². The van der Waals surface area contributed by atoms with Gasteiger partial charge in [0.25, 0.3) is 5.91 Å². The van der Waals surface area contributed by atoms with Gasteiger partial charge in [0, 0.05) is 13.1 Å². The fourth-order valence-corrected chi connectivity index (χ4v) is 3.38. The van der Waals surface area contributed by atoms with Crippen molar-refractivity contribution >= 4 is 11.9 Å². The molecule has 4 heteroatoms. The van der Waals surface area contributed by atoms with Gasteiger partial charge in [-0.05, 0) is 36.3 Å². The Kier molecular flexibility index (Phi) is 6.42. The first-order valence-electron chi connectivity index (χ1n) is 9.22. The molecule has 26 heavy (non-hydrogen) atoms. The van der Waals surface area contributed by atoms with E-state index >= 15 is 0 Å². The van der Waals surface area contributed by atoms with Crippen LogP contribution in [0.3, 0.4) is 0 Å². The summed E-state index contributed by atoms with van der Waals surface area (Å²) in [5, 5.41) is 0. The number of hydrogen-bond donors (Lipinski definition) is 0. The molecule has 0 aliphatic carbocycles.